The second-order valence-corrected chi connectivity index (χ2v) is 4.52. The summed E-state index contributed by atoms with van der Waals surface area (Å²) >= 11 is 3.47. The van der Waals surface area contributed by atoms with Gasteiger partial charge in [-0.05, 0) is 47.1 Å². The van der Waals surface area contributed by atoms with E-state index in [1.807, 2.05) is 37.5 Å². The first kappa shape index (κ1) is 11.1. The lowest BCUT2D eigenvalue weighted by molar-refractivity contribution is 0.874. The van der Waals surface area contributed by atoms with Crippen molar-refractivity contribution in [3.63, 3.8) is 0 Å². The Bertz CT molecular complexity index is 526. The fourth-order valence-corrected chi connectivity index (χ4v) is 1.84. The third kappa shape index (κ3) is 2.25. The molecule has 0 bridgehead atoms. The quantitative estimate of drug-likeness (QED) is 0.742. The Labute approximate surface area is 104 Å². The molecule has 2 rings (SSSR count). The second-order valence-electron chi connectivity index (χ2n) is 3.67. The highest BCUT2D eigenvalue weighted by molar-refractivity contribution is 9.10. The Kier molecular flexibility index (Phi) is 3.25. The normalized spacial score (nSPS) is 11.2. The predicted octanol–water partition coefficient (Wildman–Crippen LogP) is 3.85. The maximum absolute atomic E-state index is 4.46. The maximum Gasteiger partial charge on any atom is 0.0772 e. The molecule has 0 aliphatic carbocycles. The standard InChI is InChI=1S/C13H13BrN2/c1-10-7-8-11(16(10)2)9-15-13-6-4-3-5-12(13)14/h3-9H,1-2H3. The molecule has 0 aliphatic rings. The van der Waals surface area contributed by atoms with Gasteiger partial charge in [-0.2, -0.15) is 0 Å². The van der Waals surface area contributed by atoms with Crippen LogP contribution < -0.4 is 0 Å². The summed E-state index contributed by atoms with van der Waals surface area (Å²) < 4.78 is 3.12. The topological polar surface area (TPSA) is 17.3 Å². The highest BCUT2D eigenvalue weighted by Crippen LogP contribution is 2.24. The Morgan fingerprint density at radius 3 is 2.56 bits per heavy atom. The van der Waals surface area contributed by atoms with Crippen LogP contribution in [0.3, 0.4) is 0 Å². The largest absolute Gasteiger partial charge is 0.347 e. The molecule has 0 saturated carbocycles. The summed E-state index contributed by atoms with van der Waals surface area (Å²) in [4.78, 5) is 4.46. The zero-order chi connectivity index (χ0) is 11.5. The van der Waals surface area contributed by atoms with Gasteiger partial charge in [0, 0.05) is 17.2 Å². The van der Waals surface area contributed by atoms with Crippen LogP contribution in [0.2, 0.25) is 0 Å². The van der Waals surface area contributed by atoms with Crippen LogP contribution in [0, 0.1) is 6.92 Å². The molecular weight excluding hydrogens is 264 g/mol. The summed E-state index contributed by atoms with van der Waals surface area (Å²) in [5.41, 5.74) is 3.28. The molecule has 16 heavy (non-hydrogen) atoms. The number of para-hydroxylation sites is 1. The van der Waals surface area contributed by atoms with Gasteiger partial charge in [0.15, 0.2) is 0 Å². The minimum absolute atomic E-state index is 0.946. The molecule has 2 nitrogen and oxygen atoms in total. The van der Waals surface area contributed by atoms with E-state index in [1.54, 1.807) is 0 Å². The molecule has 3 heteroatoms. The second kappa shape index (κ2) is 4.66. The highest BCUT2D eigenvalue weighted by Gasteiger charge is 1.98. The van der Waals surface area contributed by atoms with Gasteiger partial charge in [-0.3, -0.25) is 4.99 Å². The van der Waals surface area contributed by atoms with E-state index in [4.69, 9.17) is 0 Å². The highest BCUT2D eigenvalue weighted by atomic mass is 79.9. The zero-order valence-corrected chi connectivity index (χ0v) is 10.9. The van der Waals surface area contributed by atoms with E-state index >= 15 is 0 Å². The number of hydrogen-bond donors (Lipinski definition) is 0. The number of hydrogen-bond acceptors (Lipinski definition) is 1. The number of benzene rings is 1. The van der Waals surface area contributed by atoms with Gasteiger partial charge >= 0.3 is 0 Å². The van der Waals surface area contributed by atoms with Crippen LogP contribution in [0.4, 0.5) is 5.69 Å². The lowest BCUT2D eigenvalue weighted by atomic mass is 10.3. The van der Waals surface area contributed by atoms with Crippen LogP contribution in [0.25, 0.3) is 0 Å². The lowest BCUT2D eigenvalue weighted by Gasteiger charge is -2.00. The van der Waals surface area contributed by atoms with Gasteiger partial charge < -0.3 is 4.57 Å². The zero-order valence-electron chi connectivity index (χ0n) is 9.31. The van der Waals surface area contributed by atoms with Gasteiger partial charge in [0.2, 0.25) is 0 Å². The number of aryl methyl sites for hydroxylation is 1. The van der Waals surface area contributed by atoms with Crippen LogP contribution in [0.5, 0.6) is 0 Å². The molecule has 0 amide bonds. The molecule has 82 valence electrons. The molecule has 0 fully saturated rings. The van der Waals surface area contributed by atoms with Crippen molar-refractivity contribution in [2.75, 3.05) is 0 Å². The number of aliphatic imine (C=N–C) groups is 1. The van der Waals surface area contributed by atoms with E-state index in [9.17, 15) is 0 Å². The van der Waals surface area contributed by atoms with E-state index in [-0.39, 0.29) is 0 Å². The number of rotatable bonds is 2. The van der Waals surface area contributed by atoms with Crippen LogP contribution >= 0.6 is 15.9 Å². The Balaban J connectivity index is 2.28. The third-order valence-corrected chi connectivity index (χ3v) is 3.27. The van der Waals surface area contributed by atoms with Crippen LogP contribution in [0.15, 0.2) is 45.9 Å². The van der Waals surface area contributed by atoms with Crippen molar-refractivity contribution in [2.45, 2.75) is 6.92 Å². The fourth-order valence-electron chi connectivity index (χ4n) is 1.45. The van der Waals surface area contributed by atoms with E-state index < -0.39 is 0 Å². The Hall–Kier alpha value is -1.35. The minimum atomic E-state index is 0.946. The van der Waals surface area contributed by atoms with E-state index in [0.29, 0.717) is 0 Å². The first-order valence-electron chi connectivity index (χ1n) is 5.09. The van der Waals surface area contributed by atoms with Gasteiger partial charge in [0.25, 0.3) is 0 Å². The maximum atomic E-state index is 4.46. The lowest BCUT2D eigenvalue weighted by Crippen LogP contribution is -1.96. The summed E-state index contributed by atoms with van der Waals surface area (Å²) in [5.74, 6) is 0. The molecule has 0 N–H and O–H groups in total. The van der Waals surface area contributed by atoms with Crippen molar-refractivity contribution in [1.82, 2.24) is 4.57 Å². The fraction of sp³-hybridized carbons (Fsp3) is 0.154. The van der Waals surface area contributed by atoms with Crippen LogP contribution in [0.1, 0.15) is 11.4 Å². The summed E-state index contributed by atoms with van der Waals surface area (Å²) in [6.07, 6.45) is 1.88. The number of halogens is 1. The van der Waals surface area contributed by atoms with E-state index in [2.05, 4.69) is 44.5 Å². The number of nitrogens with zero attached hydrogens (tertiary/aromatic N) is 2. The van der Waals surface area contributed by atoms with Gasteiger partial charge in [-0.15, -0.1) is 0 Å². The first-order chi connectivity index (χ1) is 7.68. The van der Waals surface area contributed by atoms with Gasteiger partial charge in [0.1, 0.15) is 0 Å². The molecule has 0 unspecified atom stereocenters. The Morgan fingerprint density at radius 1 is 1.19 bits per heavy atom. The number of aromatic nitrogens is 1. The van der Waals surface area contributed by atoms with Crippen molar-refractivity contribution in [1.29, 1.82) is 0 Å². The van der Waals surface area contributed by atoms with E-state index in [1.165, 1.54) is 5.69 Å². The van der Waals surface area contributed by atoms with Crippen molar-refractivity contribution in [2.24, 2.45) is 12.0 Å². The average molecular weight is 277 g/mol. The smallest absolute Gasteiger partial charge is 0.0772 e. The monoisotopic (exact) mass is 276 g/mol. The molecule has 0 radical (unpaired) electrons. The van der Waals surface area contributed by atoms with Crippen LogP contribution in [-0.4, -0.2) is 10.8 Å². The summed E-state index contributed by atoms with van der Waals surface area (Å²) in [5, 5.41) is 0. The Morgan fingerprint density at radius 2 is 1.94 bits per heavy atom. The average Bonchev–Trinajstić information content (AvgIpc) is 2.59. The van der Waals surface area contributed by atoms with Crippen molar-refractivity contribution in [3.8, 4) is 0 Å². The molecule has 2 aromatic rings. The summed E-state index contributed by atoms with van der Waals surface area (Å²) in [7, 11) is 2.04. The van der Waals surface area contributed by atoms with Crippen LogP contribution in [-0.2, 0) is 7.05 Å². The predicted molar refractivity (Wildman–Crippen MR) is 71.5 cm³/mol. The third-order valence-electron chi connectivity index (χ3n) is 2.60. The van der Waals surface area contributed by atoms with Crippen molar-refractivity contribution < 1.29 is 0 Å². The minimum Gasteiger partial charge on any atom is -0.347 e. The molecule has 1 heterocycles. The first-order valence-corrected chi connectivity index (χ1v) is 5.88. The van der Waals surface area contributed by atoms with Gasteiger partial charge in [-0.1, -0.05) is 12.1 Å². The van der Waals surface area contributed by atoms with E-state index in [0.717, 1.165) is 15.9 Å². The molecule has 0 spiro atoms. The molecule has 0 atom stereocenters. The molecular formula is C13H13BrN2. The molecule has 1 aromatic heterocycles. The van der Waals surface area contributed by atoms with Gasteiger partial charge in [-0.25, -0.2) is 0 Å². The summed E-state index contributed by atoms with van der Waals surface area (Å²) in [6, 6.07) is 12.1. The van der Waals surface area contributed by atoms with Gasteiger partial charge in [0.05, 0.1) is 17.6 Å². The van der Waals surface area contributed by atoms with Crippen molar-refractivity contribution in [3.05, 3.63) is 52.3 Å². The molecule has 0 aliphatic heterocycles. The SMILES string of the molecule is Cc1ccc(C=Nc2ccccc2Br)n1C. The summed E-state index contributed by atoms with van der Waals surface area (Å²) in [6.45, 7) is 2.08. The molecule has 0 saturated heterocycles. The van der Waals surface area contributed by atoms with Crippen molar-refractivity contribution >= 4 is 27.8 Å². The molecule has 1 aromatic carbocycles.